The number of hydrogen-bond donors (Lipinski definition) is 1. The minimum Gasteiger partial charge on any atom is -0.324 e. The lowest BCUT2D eigenvalue weighted by molar-refractivity contribution is 0.505. The zero-order chi connectivity index (χ0) is 14.9. The summed E-state index contributed by atoms with van der Waals surface area (Å²) in [6.45, 7) is 0. The van der Waals surface area contributed by atoms with E-state index < -0.39 is 17.7 Å². The summed E-state index contributed by atoms with van der Waals surface area (Å²) >= 11 is 17.6. The molecule has 0 heterocycles. The first-order valence-corrected chi connectivity index (χ1v) is 6.86. The number of halogens is 5. The maximum Gasteiger partial charge on any atom is 0.160 e. The van der Waals surface area contributed by atoms with Crippen LogP contribution in [0.3, 0.4) is 0 Å². The van der Waals surface area contributed by atoms with Gasteiger partial charge in [-0.1, -0.05) is 40.9 Å². The van der Waals surface area contributed by atoms with Crippen molar-refractivity contribution in [1.29, 1.82) is 0 Å². The Morgan fingerprint density at radius 2 is 1.55 bits per heavy atom. The highest BCUT2D eigenvalue weighted by Crippen LogP contribution is 2.28. The van der Waals surface area contributed by atoms with Crippen LogP contribution in [0.1, 0.15) is 17.2 Å². The molecule has 0 radical (unpaired) electrons. The Morgan fingerprint density at radius 3 is 2.20 bits per heavy atom. The van der Waals surface area contributed by atoms with E-state index in [9.17, 15) is 8.78 Å². The molecule has 0 saturated carbocycles. The maximum absolute atomic E-state index is 13.2. The molecular formula is C14H10Cl3F2N. The molecule has 0 fully saturated rings. The molecule has 0 saturated heterocycles. The standard InChI is InChI=1S/C14H10Cl3F2N/c15-9-2-1-7(3-11(9)17)4-14(20)8-5-12(18)13(19)6-10(8)16/h1-3,5-6,14H,4,20H2. The molecule has 2 N–H and O–H groups in total. The van der Waals surface area contributed by atoms with E-state index in [2.05, 4.69) is 0 Å². The van der Waals surface area contributed by atoms with Crippen molar-refractivity contribution in [3.63, 3.8) is 0 Å². The van der Waals surface area contributed by atoms with Gasteiger partial charge in [0.15, 0.2) is 11.6 Å². The molecule has 0 spiro atoms. The van der Waals surface area contributed by atoms with E-state index in [1.165, 1.54) is 0 Å². The predicted octanol–water partition coefficient (Wildman–Crippen LogP) is 5.17. The Morgan fingerprint density at radius 1 is 0.900 bits per heavy atom. The highest BCUT2D eigenvalue weighted by atomic mass is 35.5. The molecule has 1 nitrogen and oxygen atoms in total. The molecule has 20 heavy (non-hydrogen) atoms. The van der Waals surface area contributed by atoms with Crippen molar-refractivity contribution in [3.8, 4) is 0 Å². The summed E-state index contributed by atoms with van der Waals surface area (Å²) in [7, 11) is 0. The minimum atomic E-state index is -1.000. The van der Waals surface area contributed by atoms with Gasteiger partial charge in [0, 0.05) is 11.1 Å². The summed E-state index contributed by atoms with van der Waals surface area (Å²) in [4.78, 5) is 0. The highest BCUT2D eigenvalue weighted by molar-refractivity contribution is 6.42. The van der Waals surface area contributed by atoms with E-state index in [0.29, 0.717) is 22.0 Å². The van der Waals surface area contributed by atoms with Crippen molar-refractivity contribution in [1.82, 2.24) is 0 Å². The third kappa shape index (κ3) is 3.41. The van der Waals surface area contributed by atoms with Crippen LogP contribution in [0.5, 0.6) is 0 Å². The van der Waals surface area contributed by atoms with E-state index in [4.69, 9.17) is 40.5 Å². The zero-order valence-corrected chi connectivity index (χ0v) is 12.4. The number of benzene rings is 2. The first-order valence-electron chi connectivity index (χ1n) is 5.72. The molecule has 0 amide bonds. The summed E-state index contributed by atoms with van der Waals surface area (Å²) < 4.78 is 26.3. The van der Waals surface area contributed by atoms with Gasteiger partial charge in [0.1, 0.15) is 0 Å². The Balaban J connectivity index is 2.25. The topological polar surface area (TPSA) is 26.0 Å². The minimum absolute atomic E-state index is 0.0939. The van der Waals surface area contributed by atoms with E-state index in [-0.39, 0.29) is 5.02 Å². The van der Waals surface area contributed by atoms with Gasteiger partial charge in [-0.15, -0.1) is 0 Å². The van der Waals surface area contributed by atoms with Crippen LogP contribution in [0, 0.1) is 11.6 Å². The molecule has 0 bridgehead atoms. The van der Waals surface area contributed by atoms with Crippen LogP contribution in [0.25, 0.3) is 0 Å². The molecule has 2 aromatic carbocycles. The lowest BCUT2D eigenvalue weighted by Gasteiger charge is -2.14. The Hall–Kier alpha value is -0.870. The summed E-state index contributed by atoms with van der Waals surface area (Å²) in [5.74, 6) is -1.98. The molecule has 0 aliphatic rings. The molecule has 106 valence electrons. The van der Waals surface area contributed by atoms with Crippen molar-refractivity contribution >= 4 is 34.8 Å². The summed E-state index contributed by atoms with van der Waals surface area (Å²) in [6, 6.07) is 6.45. The van der Waals surface area contributed by atoms with Crippen molar-refractivity contribution in [2.24, 2.45) is 5.73 Å². The van der Waals surface area contributed by atoms with Gasteiger partial charge in [0.05, 0.1) is 10.0 Å². The van der Waals surface area contributed by atoms with Crippen molar-refractivity contribution in [2.75, 3.05) is 0 Å². The van der Waals surface area contributed by atoms with Gasteiger partial charge in [-0.25, -0.2) is 8.78 Å². The van der Waals surface area contributed by atoms with Crippen LogP contribution >= 0.6 is 34.8 Å². The van der Waals surface area contributed by atoms with E-state index in [1.807, 2.05) is 0 Å². The molecule has 0 aromatic heterocycles. The Kier molecular flexibility index (Phi) is 4.86. The molecule has 1 unspecified atom stereocenters. The molecule has 2 aromatic rings. The number of rotatable bonds is 3. The average molecular weight is 337 g/mol. The summed E-state index contributed by atoms with van der Waals surface area (Å²) in [6.07, 6.45) is 0.377. The maximum atomic E-state index is 13.2. The summed E-state index contributed by atoms with van der Waals surface area (Å²) in [5.41, 5.74) is 7.16. The molecule has 0 aliphatic heterocycles. The average Bonchev–Trinajstić information content (AvgIpc) is 2.38. The van der Waals surface area contributed by atoms with E-state index in [1.54, 1.807) is 18.2 Å². The van der Waals surface area contributed by atoms with Gasteiger partial charge in [-0.05, 0) is 41.8 Å². The van der Waals surface area contributed by atoms with Gasteiger partial charge >= 0.3 is 0 Å². The molecule has 1 atom stereocenters. The van der Waals surface area contributed by atoms with Crippen LogP contribution < -0.4 is 5.73 Å². The van der Waals surface area contributed by atoms with Crippen molar-refractivity contribution < 1.29 is 8.78 Å². The van der Waals surface area contributed by atoms with Crippen LogP contribution in [-0.4, -0.2) is 0 Å². The van der Waals surface area contributed by atoms with Gasteiger partial charge in [0.25, 0.3) is 0 Å². The first kappa shape index (κ1) is 15.5. The van der Waals surface area contributed by atoms with Crippen LogP contribution in [0.4, 0.5) is 8.78 Å². The van der Waals surface area contributed by atoms with Crippen molar-refractivity contribution in [2.45, 2.75) is 12.5 Å². The normalized spacial score (nSPS) is 12.5. The largest absolute Gasteiger partial charge is 0.324 e. The zero-order valence-electron chi connectivity index (χ0n) is 10.1. The van der Waals surface area contributed by atoms with Crippen LogP contribution in [0.2, 0.25) is 15.1 Å². The fraction of sp³-hybridized carbons (Fsp3) is 0.143. The number of nitrogens with two attached hydrogens (primary N) is 1. The smallest absolute Gasteiger partial charge is 0.160 e. The van der Waals surface area contributed by atoms with Gasteiger partial charge in [-0.2, -0.15) is 0 Å². The number of hydrogen-bond acceptors (Lipinski definition) is 1. The quantitative estimate of drug-likeness (QED) is 0.769. The molecular weight excluding hydrogens is 327 g/mol. The van der Waals surface area contributed by atoms with E-state index in [0.717, 1.165) is 17.7 Å². The lowest BCUT2D eigenvalue weighted by Crippen LogP contribution is -2.14. The monoisotopic (exact) mass is 335 g/mol. The van der Waals surface area contributed by atoms with Crippen LogP contribution in [0.15, 0.2) is 30.3 Å². The lowest BCUT2D eigenvalue weighted by atomic mass is 9.99. The second-order valence-corrected chi connectivity index (χ2v) is 5.57. The third-order valence-electron chi connectivity index (χ3n) is 2.88. The van der Waals surface area contributed by atoms with Crippen LogP contribution in [-0.2, 0) is 6.42 Å². The fourth-order valence-electron chi connectivity index (χ4n) is 1.85. The van der Waals surface area contributed by atoms with Crippen molar-refractivity contribution in [3.05, 3.63) is 68.2 Å². The SMILES string of the molecule is NC(Cc1ccc(Cl)c(Cl)c1)c1cc(F)c(F)cc1Cl. The summed E-state index contributed by atoms with van der Waals surface area (Å²) in [5, 5.41) is 0.944. The Bertz CT molecular complexity index is 647. The third-order valence-corrected chi connectivity index (χ3v) is 3.95. The molecule has 6 heteroatoms. The second kappa shape index (κ2) is 6.27. The van der Waals surface area contributed by atoms with Gasteiger partial charge < -0.3 is 5.73 Å². The van der Waals surface area contributed by atoms with Gasteiger partial charge in [0.2, 0.25) is 0 Å². The molecule has 2 rings (SSSR count). The fourth-order valence-corrected chi connectivity index (χ4v) is 2.46. The first-order chi connectivity index (χ1) is 9.38. The van der Waals surface area contributed by atoms with E-state index >= 15 is 0 Å². The Labute approximate surface area is 130 Å². The predicted molar refractivity (Wildman–Crippen MR) is 78.5 cm³/mol. The molecule has 0 aliphatic carbocycles. The second-order valence-electron chi connectivity index (χ2n) is 4.35. The van der Waals surface area contributed by atoms with Gasteiger partial charge in [-0.3, -0.25) is 0 Å². The highest BCUT2D eigenvalue weighted by Gasteiger charge is 2.15.